The van der Waals surface area contributed by atoms with Crippen LogP contribution in [0.5, 0.6) is 0 Å². The van der Waals surface area contributed by atoms with Gasteiger partial charge in [-0.3, -0.25) is 19.6 Å². The van der Waals surface area contributed by atoms with Crippen LogP contribution in [-0.2, 0) is 0 Å². The van der Waals surface area contributed by atoms with Crippen molar-refractivity contribution in [3.63, 3.8) is 0 Å². The number of anilines is 3. The third kappa shape index (κ3) is 6.17. The normalized spacial score (nSPS) is 10.7. The van der Waals surface area contributed by atoms with Crippen molar-refractivity contribution in [2.45, 2.75) is 13.8 Å². The minimum absolute atomic E-state index is 0.0377. The van der Waals surface area contributed by atoms with Gasteiger partial charge in [0.25, 0.3) is 11.8 Å². The Morgan fingerprint density at radius 2 is 1.62 bits per heavy atom. The number of rotatable bonds is 8. The quantitative estimate of drug-likeness (QED) is 0.122. The van der Waals surface area contributed by atoms with Crippen molar-refractivity contribution in [3.05, 3.63) is 123 Å². The molecule has 204 valence electrons. The zero-order valence-electron chi connectivity index (χ0n) is 21.5. The van der Waals surface area contributed by atoms with E-state index in [1.165, 1.54) is 42.5 Å². The molecule has 10 heteroatoms. The molecule has 0 atom stereocenters. The Balaban J connectivity index is 1.57. The van der Waals surface area contributed by atoms with Gasteiger partial charge >= 0.3 is 0 Å². The number of carbonyl (C=O) groups excluding carboxylic acids is 3. The molecule has 0 aliphatic heterocycles. The van der Waals surface area contributed by atoms with E-state index in [9.17, 15) is 28.4 Å². The van der Waals surface area contributed by atoms with Gasteiger partial charge in [-0.15, -0.1) is 0 Å². The second-order valence-corrected chi connectivity index (χ2v) is 9.23. The van der Waals surface area contributed by atoms with Gasteiger partial charge in [0.1, 0.15) is 11.6 Å². The highest BCUT2D eigenvalue weighted by molar-refractivity contribution is 6.35. The molecule has 4 aromatic rings. The molecular formula is C30H24ClF2N3O4. The van der Waals surface area contributed by atoms with Gasteiger partial charge in [-0.2, -0.15) is 0 Å². The second-order valence-electron chi connectivity index (χ2n) is 8.82. The maximum atomic E-state index is 14.0. The Morgan fingerprint density at radius 3 is 2.33 bits per heavy atom. The summed E-state index contributed by atoms with van der Waals surface area (Å²) in [6, 6.07) is 18.4. The van der Waals surface area contributed by atoms with Gasteiger partial charge in [0.2, 0.25) is 0 Å². The summed E-state index contributed by atoms with van der Waals surface area (Å²) in [7, 11) is 0. The molecule has 0 saturated heterocycles. The van der Waals surface area contributed by atoms with E-state index < -0.39 is 29.2 Å². The minimum atomic E-state index is -0.784. The van der Waals surface area contributed by atoms with Crippen LogP contribution in [0.4, 0.5) is 25.8 Å². The molecule has 3 N–H and O–H groups in total. The molecule has 0 aliphatic rings. The lowest BCUT2D eigenvalue weighted by Gasteiger charge is -2.16. The average molecular weight is 564 g/mol. The molecule has 40 heavy (non-hydrogen) atoms. The molecule has 4 rings (SSSR count). The largest absolute Gasteiger partial charge is 0.353 e. The number of nitrogens with one attached hydrogen (secondary N) is 2. The molecule has 0 spiro atoms. The number of hydroxylamine groups is 2. The number of para-hydroxylation sites is 1. The van der Waals surface area contributed by atoms with E-state index in [0.717, 1.165) is 12.1 Å². The first-order chi connectivity index (χ1) is 19.1. The van der Waals surface area contributed by atoms with Gasteiger partial charge in [0, 0.05) is 35.0 Å². The van der Waals surface area contributed by atoms with Crippen LogP contribution in [0.2, 0.25) is 5.02 Å². The van der Waals surface area contributed by atoms with Crippen molar-refractivity contribution in [1.29, 1.82) is 0 Å². The molecule has 2 amide bonds. The first kappa shape index (κ1) is 28.4. The van der Waals surface area contributed by atoms with E-state index in [2.05, 4.69) is 10.6 Å². The zero-order chi connectivity index (χ0) is 29.0. The summed E-state index contributed by atoms with van der Waals surface area (Å²) in [6.45, 7) is 3.38. The number of aryl methyl sites for hydroxylation is 1. The van der Waals surface area contributed by atoms with Crippen molar-refractivity contribution in [1.82, 2.24) is 5.06 Å². The molecule has 0 radical (unpaired) electrons. The molecule has 0 saturated carbocycles. The monoisotopic (exact) mass is 563 g/mol. The number of carbonyl (C=O) groups is 3. The highest BCUT2D eigenvalue weighted by atomic mass is 35.5. The molecule has 7 nitrogen and oxygen atoms in total. The van der Waals surface area contributed by atoms with Gasteiger partial charge in [-0.25, -0.2) is 13.8 Å². The molecule has 0 bridgehead atoms. The van der Waals surface area contributed by atoms with E-state index in [1.54, 1.807) is 38.1 Å². The highest BCUT2D eigenvalue weighted by Gasteiger charge is 2.20. The maximum Gasteiger partial charge on any atom is 0.279 e. The maximum absolute atomic E-state index is 14.0. The SMILES string of the molecule is CCN(O)C(=O)c1ccccc1NC(=O)c1ccc(C)c(C(=O)c2ccc(Nc3ccc(F)cc3F)cc2Cl)c1. The average Bonchev–Trinajstić information content (AvgIpc) is 2.94. The van der Waals surface area contributed by atoms with E-state index in [1.807, 2.05) is 0 Å². The lowest BCUT2D eigenvalue weighted by Crippen LogP contribution is -2.28. The topological polar surface area (TPSA) is 98.7 Å². The number of halogens is 3. The van der Waals surface area contributed by atoms with Gasteiger partial charge in [0.05, 0.1) is 22.0 Å². The first-order valence-electron chi connectivity index (χ1n) is 12.2. The van der Waals surface area contributed by atoms with E-state index in [-0.39, 0.29) is 45.2 Å². The molecule has 0 aliphatic carbocycles. The number of benzene rings is 4. The van der Waals surface area contributed by atoms with E-state index in [4.69, 9.17) is 11.6 Å². The Morgan fingerprint density at radius 1 is 0.875 bits per heavy atom. The van der Waals surface area contributed by atoms with Crippen molar-refractivity contribution >= 4 is 46.3 Å². The van der Waals surface area contributed by atoms with Crippen LogP contribution in [0.3, 0.4) is 0 Å². The Bertz CT molecular complexity index is 1630. The van der Waals surface area contributed by atoms with Crippen LogP contribution in [0, 0.1) is 18.6 Å². The van der Waals surface area contributed by atoms with E-state index in [0.29, 0.717) is 16.3 Å². The van der Waals surface area contributed by atoms with Crippen LogP contribution >= 0.6 is 11.6 Å². The van der Waals surface area contributed by atoms with Gasteiger partial charge in [-0.05, 0) is 74.0 Å². The molecule has 0 unspecified atom stereocenters. The van der Waals surface area contributed by atoms with Crippen LogP contribution in [0.15, 0.2) is 78.9 Å². The number of nitrogens with zero attached hydrogens (tertiary/aromatic N) is 1. The standard InChI is InChI=1S/C30H24ClF2N3O4/c1-3-36(40)30(39)22-6-4-5-7-26(22)35-29(38)18-9-8-17(2)23(14-18)28(37)21-12-11-20(16-24(21)31)34-27-13-10-19(32)15-25(27)33/h4-16,34,40H,3H2,1-2H3,(H,35,38). The Labute approximate surface area is 234 Å². The minimum Gasteiger partial charge on any atom is -0.353 e. The van der Waals surface area contributed by atoms with Gasteiger partial charge in [0.15, 0.2) is 5.78 Å². The van der Waals surface area contributed by atoms with Crippen LogP contribution in [-0.4, -0.2) is 34.4 Å². The van der Waals surface area contributed by atoms with Crippen molar-refractivity contribution in [3.8, 4) is 0 Å². The fraction of sp³-hybridized carbons (Fsp3) is 0.100. The van der Waals surface area contributed by atoms with E-state index >= 15 is 0 Å². The Hall–Kier alpha value is -4.60. The molecule has 4 aromatic carbocycles. The molecular weight excluding hydrogens is 540 g/mol. The lowest BCUT2D eigenvalue weighted by atomic mass is 9.96. The van der Waals surface area contributed by atoms with Crippen LogP contribution in [0.25, 0.3) is 0 Å². The summed E-state index contributed by atoms with van der Waals surface area (Å²) in [5.41, 5.74) is 1.87. The fourth-order valence-electron chi connectivity index (χ4n) is 3.93. The number of hydrogen-bond acceptors (Lipinski definition) is 5. The predicted molar refractivity (Wildman–Crippen MR) is 149 cm³/mol. The summed E-state index contributed by atoms with van der Waals surface area (Å²) in [6.07, 6.45) is 0. The second kappa shape index (κ2) is 12.1. The van der Waals surface area contributed by atoms with Crippen molar-refractivity contribution < 1.29 is 28.4 Å². The highest BCUT2D eigenvalue weighted by Crippen LogP contribution is 2.28. The van der Waals surface area contributed by atoms with Crippen molar-refractivity contribution in [2.75, 3.05) is 17.2 Å². The van der Waals surface area contributed by atoms with Gasteiger partial charge < -0.3 is 10.6 Å². The summed E-state index contributed by atoms with van der Waals surface area (Å²) in [4.78, 5) is 39.0. The smallest absolute Gasteiger partial charge is 0.279 e. The summed E-state index contributed by atoms with van der Waals surface area (Å²) < 4.78 is 27.2. The predicted octanol–water partition coefficient (Wildman–Crippen LogP) is 7.00. The van der Waals surface area contributed by atoms with Gasteiger partial charge in [-0.1, -0.05) is 29.8 Å². The lowest BCUT2D eigenvalue weighted by molar-refractivity contribution is -0.0540. The third-order valence-corrected chi connectivity index (χ3v) is 6.42. The Kier molecular flexibility index (Phi) is 8.57. The third-order valence-electron chi connectivity index (χ3n) is 6.11. The number of ketones is 1. The zero-order valence-corrected chi connectivity index (χ0v) is 22.2. The van der Waals surface area contributed by atoms with Crippen LogP contribution < -0.4 is 10.6 Å². The summed E-state index contributed by atoms with van der Waals surface area (Å²) in [5, 5.41) is 15.9. The number of hydrogen-bond donors (Lipinski definition) is 3. The number of amides is 2. The fourth-order valence-corrected chi connectivity index (χ4v) is 4.20. The summed E-state index contributed by atoms with van der Waals surface area (Å²) in [5.74, 6) is -3.17. The molecule has 0 aromatic heterocycles. The van der Waals surface area contributed by atoms with Crippen molar-refractivity contribution in [2.24, 2.45) is 0 Å². The first-order valence-corrected chi connectivity index (χ1v) is 12.5. The molecule has 0 fully saturated rings. The van der Waals surface area contributed by atoms with Crippen LogP contribution in [0.1, 0.15) is 49.1 Å². The summed E-state index contributed by atoms with van der Waals surface area (Å²) >= 11 is 6.40. The molecule has 0 heterocycles.